The van der Waals surface area contributed by atoms with Gasteiger partial charge in [0.2, 0.25) is 10.0 Å². The van der Waals surface area contributed by atoms with Crippen LogP contribution >= 0.6 is 0 Å². The van der Waals surface area contributed by atoms with Crippen LogP contribution in [-0.2, 0) is 36.3 Å². The summed E-state index contributed by atoms with van der Waals surface area (Å²) in [7, 11) is -3.79. The summed E-state index contributed by atoms with van der Waals surface area (Å²) < 4.78 is 41.8. The molecule has 1 N–H and O–H groups in total. The normalized spacial score (nSPS) is 23.0. The number of carbonyl (C=O) groups is 1. The predicted octanol–water partition coefficient (Wildman–Crippen LogP) is 2.43. The minimum Gasteiger partial charge on any atom is -0.381 e. The van der Waals surface area contributed by atoms with Crippen molar-refractivity contribution < 1.29 is 22.7 Å². The molecule has 35 heavy (non-hydrogen) atoms. The fourth-order valence-electron chi connectivity index (χ4n) is 4.89. The molecule has 0 bridgehead atoms. The van der Waals surface area contributed by atoms with Gasteiger partial charge >= 0.3 is 0 Å². The summed E-state index contributed by atoms with van der Waals surface area (Å²) in [6, 6.07) is 5.42. The zero-order valence-corrected chi connectivity index (χ0v) is 21.6. The maximum absolute atomic E-state index is 13.5. The fraction of sp³-hybridized carbons (Fsp3) is 0.680. The van der Waals surface area contributed by atoms with Gasteiger partial charge < -0.3 is 19.4 Å². The first-order valence-electron chi connectivity index (χ1n) is 12.6. The van der Waals surface area contributed by atoms with E-state index in [0.29, 0.717) is 11.4 Å². The van der Waals surface area contributed by atoms with Gasteiger partial charge in [-0.2, -0.15) is 4.31 Å². The van der Waals surface area contributed by atoms with Crippen LogP contribution in [0, 0.1) is 5.92 Å². The Kier molecular flexibility index (Phi) is 6.67. The summed E-state index contributed by atoms with van der Waals surface area (Å²) >= 11 is 0. The molecule has 2 aliphatic heterocycles. The molecule has 1 saturated carbocycles. The number of amides is 1. The first-order chi connectivity index (χ1) is 16.6. The van der Waals surface area contributed by atoms with Crippen LogP contribution in [0.2, 0.25) is 0 Å². The third kappa shape index (κ3) is 5.26. The van der Waals surface area contributed by atoms with Crippen LogP contribution in [0.25, 0.3) is 11.0 Å². The second kappa shape index (κ2) is 9.46. The van der Waals surface area contributed by atoms with Crippen molar-refractivity contribution in [1.29, 1.82) is 0 Å². The first kappa shape index (κ1) is 24.7. The van der Waals surface area contributed by atoms with Gasteiger partial charge in [-0.3, -0.25) is 4.79 Å². The van der Waals surface area contributed by atoms with E-state index in [1.54, 1.807) is 12.1 Å². The van der Waals surface area contributed by atoms with Gasteiger partial charge in [0.15, 0.2) is 0 Å². The molecule has 1 atom stereocenters. The number of nitrogens with one attached hydrogen (secondary N) is 1. The lowest BCUT2D eigenvalue weighted by Crippen LogP contribution is -2.51. The maximum Gasteiger partial charge on any atom is 0.250 e. The number of aromatic nitrogens is 2. The van der Waals surface area contributed by atoms with Crippen molar-refractivity contribution in [3.63, 3.8) is 0 Å². The third-order valence-electron chi connectivity index (χ3n) is 7.06. The number of hydrogen-bond acceptors (Lipinski definition) is 6. The zero-order valence-electron chi connectivity index (χ0n) is 20.8. The minimum atomic E-state index is -3.79. The molecule has 1 amide bonds. The van der Waals surface area contributed by atoms with Crippen LogP contribution in [-0.4, -0.2) is 73.2 Å². The molecule has 3 aliphatic rings. The monoisotopic (exact) mass is 504 g/mol. The molecule has 2 saturated heterocycles. The van der Waals surface area contributed by atoms with E-state index in [2.05, 4.69) is 30.7 Å². The lowest BCUT2D eigenvalue weighted by atomic mass is 9.94. The number of carbonyl (C=O) groups excluding carboxylic acids is 1. The van der Waals surface area contributed by atoms with Crippen LogP contribution in [0.3, 0.4) is 0 Å². The molecule has 0 radical (unpaired) electrons. The van der Waals surface area contributed by atoms with Gasteiger partial charge in [0.1, 0.15) is 11.9 Å². The molecule has 3 heterocycles. The summed E-state index contributed by atoms with van der Waals surface area (Å²) in [5, 5.41) is 2.91. The van der Waals surface area contributed by atoms with Crippen LogP contribution in [0.5, 0.6) is 0 Å². The Morgan fingerprint density at radius 3 is 2.57 bits per heavy atom. The van der Waals surface area contributed by atoms with Crippen molar-refractivity contribution in [2.24, 2.45) is 5.92 Å². The van der Waals surface area contributed by atoms with Gasteiger partial charge in [0, 0.05) is 44.3 Å². The van der Waals surface area contributed by atoms with Crippen LogP contribution in [0.15, 0.2) is 23.1 Å². The number of rotatable bonds is 6. The Morgan fingerprint density at radius 2 is 1.89 bits per heavy atom. The number of imidazole rings is 1. The largest absolute Gasteiger partial charge is 0.381 e. The Hall–Kier alpha value is -2.01. The minimum absolute atomic E-state index is 0.0182. The zero-order chi connectivity index (χ0) is 24.8. The van der Waals surface area contributed by atoms with E-state index in [4.69, 9.17) is 14.5 Å². The number of morpholine rings is 1. The molecule has 2 aromatic rings. The highest BCUT2D eigenvalue weighted by atomic mass is 32.2. The molecule has 10 heteroatoms. The molecular weight excluding hydrogens is 468 g/mol. The Morgan fingerprint density at radius 1 is 1.14 bits per heavy atom. The maximum atomic E-state index is 13.5. The summed E-state index contributed by atoms with van der Waals surface area (Å²) in [6.45, 7) is 9.24. The molecule has 1 aliphatic carbocycles. The van der Waals surface area contributed by atoms with E-state index in [-0.39, 0.29) is 42.0 Å². The number of nitrogens with zero attached hydrogens (tertiary/aromatic N) is 3. The molecule has 0 spiro atoms. The van der Waals surface area contributed by atoms with E-state index in [1.165, 1.54) is 4.31 Å². The fourth-order valence-corrected chi connectivity index (χ4v) is 6.33. The second-order valence-electron chi connectivity index (χ2n) is 11.0. The SMILES string of the molecule is CC(C)(C)c1nc2cc(S(=O)(=O)N3CCOC(C(=O)NC4CC4)C3)ccc2n1CC1CCOCC1. The van der Waals surface area contributed by atoms with Crippen molar-refractivity contribution in [3.8, 4) is 0 Å². The Balaban J connectivity index is 1.42. The van der Waals surface area contributed by atoms with E-state index in [1.807, 2.05) is 6.07 Å². The second-order valence-corrected chi connectivity index (χ2v) is 12.9. The molecule has 3 fully saturated rings. The summed E-state index contributed by atoms with van der Waals surface area (Å²) in [4.78, 5) is 17.6. The van der Waals surface area contributed by atoms with E-state index < -0.39 is 16.1 Å². The van der Waals surface area contributed by atoms with Crippen LogP contribution in [0.1, 0.15) is 52.3 Å². The van der Waals surface area contributed by atoms with Crippen molar-refractivity contribution in [1.82, 2.24) is 19.2 Å². The Labute approximate surface area is 207 Å². The topological polar surface area (TPSA) is 103 Å². The summed E-state index contributed by atoms with van der Waals surface area (Å²) in [5.41, 5.74) is 1.44. The molecular formula is C25H36N4O5S. The standard InChI is InChI=1S/C25H36N4O5S/c1-25(2,3)24-27-20-14-19(6-7-21(20)29(24)15-17-8-11-33-12-9-17)35(31,32)28-10-13-34-22(16-28)23(30)26-18-4-5-18/h6-7,14,17-18,22H,4-5,8-13,15-16H2,1-3H3,(H,26,30). The molecule has 1 unspecified atom stereocenters. The summed E-state index contributed by atoms with van der Waals surface area (Å²) in [5.74, 6) is 1.24. The predicted molar refractivity (Wildman–Crippen MR) is 132 cm³/mol. The van der Waals surface area contributed by atoms with Gasteiger partial charge in [0.25, 0.3) is 5.91 Å². The van der Waals surface area contributed by atoms with E-state index >= 15 is 0 Å². The van der Waals surface area contributed by atoms with Gasteiger partial charge in [-0.15, -0.1) is 0 Å². The van der Waals surface area contributed by atoms with Crippen LogP contribution in [0.4, 0.5) is 0 Å². The van der Waals surface area contributed by atoms with Crippen molar-refractivity contribution >= 4 is 27.0 Å². The van der Waals surface area contributed by atoms with Crippen molar-refractivity contribution in [2.45, 2.75) is 75.5 Å². The highest BCUT2D eigenvalue weighted by Crippen LogP contribution is 2.31. The first-order valence-corrected chi connectivity index (χ1v) is 14.1. The summed E-state index contributed by atoms with van der Waals surface area (Å²) in [6.07, 6.45) is 3.19. The molecule has 192 valence electrons. The smallest absolute Gasteiger partial charge is 0.250 e. The van der Waals surface area contributed by atoms with Gasteiger partial charge in [-0.1, -0.05) is 20.8 Å². The average Bonchev–Trinajstić information content (AvgIpc) is 3.57. The van der Waals surface area contributed by atoms with Gasteiger partial charge in [-0.25, -0.2) is 13.4 Å². The quantitative estimate of drug-likeness (QED) is 0.648. The lowest BCUT2D eigenvalue weighted by molar-refractivity contribution is -0.136. The Bertz CT molecular complexity index is 1190. The number of benzene rings is 1. The number of ether oxygens (including phenoxy) is 2. The lowest BCUT2D eigenvalue weighted by Gasteiger charge is -2.31. The van der Waals surface area contributed by atoms with Gasteiger partial charge in [0.05, 0.1) is 22.5 Å². The van der Waals surface area contributed by atoms with E-state index in [0.717, 1.165) is 56.8 Å². The van der Waals surface area contributed by atoms with Crippen LogP contribution < -0.4 is 5.32 Å². The third-order valence-corrected chi connectivity index (χ3v) is 8.92. The van der Waals surface area contributed by atoms with E-state index in [9.17, 15) is 13.2 Å². The van der Waals surface area contributed by atoms with Crippen molar-refractivity contribution in [2.75, 3.05) is 32.9 Å². The highest BCUT2D eigenvalue weighted by molar-refractivity contribution is 7.89. The van der Waals surface area contributed by atoms with Gasteiger partial charge in [-0.05, 0) is 49.8 Å². The average molecular weight is 505 g/mol. The molecule has 1 aromatic heterocycles. The van der Waals surface area contributed by atoms with Crippen molar-refractivity contribution in [3.05, 3.63) is 24.0 Å². The highest BCUT2D eigenvalue weighted by Gasteiger charge is 2.36. The number of sulfonamides is 1. The molecule has 1 aromatic carbocycles. The number of hydrogen-bond donors (Lipinski definition) is 1. The molecule has 9 nitrogen and oxygen atoms in total. The molecule has 5 rings (SSSR count). The number of fused-ring (bicyclic) bond motifs is 1.